The van der Waals surface area contributed by atoms with Gasteiger partial charge < -0.3 is 9.64 Å². The Bertz CT molecular complexity index is 976. The lowest BCUT2D eigenvalue weighted by Gasteiger charge is -2.28. The number of fused-ring (bicyclic) bond motifs is 1. The molecule has 0 spiro atoms. The van der Waals surface area contributed by atoms with Gasteiger partial charge in [-0.1, -0.05) is 12.1 Å². The second-order valence-electron chi connectivity index (χ2n) is 7.07. The fourth-order valence-corrected chi connectivity index (χ4v) is 5.95. The Morgan fingerprint density at radius 1 is 1.38 bits per heavy atom. The molecule has 2 amide bonds. The van der Waals surface area contributed by atoms with Crippen molar-refractivity contribution in [3.8, 4) is 0 Å². The Balaban J connectivity index is 1.47. The van der Waals surface area contributed by atoms with E-state index in [4.69, 9.17) is 4.74 Å². The Labute approximate surface area is 177 Å². The lowest BCUT2D eigenvalue weighted by atomic mass is 10.2. The third-order valence-electron chi connectivity index (χ3n) is 5.05. The molecule has 2 aromatic rings. The lowest BCUT2D eigenvalue weighted by Crippen LogP contribution is -2.46. The van der Waals surface area contributed by atoms with E-state index < -0.39 is 4.87 Å². The van der Waals surface area contributed by atoms with Crippen molar-refractivity contribution in [3.63, 3.8) is 0 Å². The van der Waals surface area contributed by atoms with Crippen molar-refractivity contribution in [2.75, 3.05) is 17.2 Å². The van der Waals surface area contributed by atoms with Crippen LogP contribution in [0, 0.1) is 6.92 Å². The Kier molecular flexibility index (Phi) is 5.35. The first kappa shape index (κ1) is 19.9. The molecule has 2 saturated heterocycles. The maximum absolute atomic E-state index is 12.7. The normalized spacial score (nSPS) is 20.6. The van der Waals surface area contributed by atoms with Crippen LogP contribution in [0.5, 0.6) is 0 Å². The van der Waals surface area contributed by atoms with Crippen molar-refractivity contribution in [2.45, 2.75) is 38.2 Å². The van der Waals surface area contributed by atoms with Gasteiger partial charge in [-0.15, -0.1) is 23.1 Å². The first-order valence-electron chi connectivity index (χ1n) is 9.34. The summed E-state index contributed by atoms with van der Waals surface area (Å²) in [5.74, 6) is 0.224. The van der Waals surface area contributed by atoms with E-state index in [1.807, 2.05) is 31.2 Å². The van der Waals surface area contributed by atoms with Crippen LogP contribution in [-0.4, -0.2) is 44.8 Å². The third kappa shape index (κ3) is 3.64. The van der Waals surface area contributed by atoms with Crippen molar-refractivity contribution < 1.29 is 19.1 Å². The molecule has 2 aliphatic heterocycles. The van der Waals surface area contributed by atoms with Crippen molar-refractivity contribution in [3.05, 3.63) is 40.9 Å². The highest BCUT2D eigenvalue weighted by Gasteiger charge is 2.55. The number of anilines is 2. The summed E-state index contributed by atoms with van der Waals surface area (Å²) < 4.78 is 5.53. The zero-order valence-corrected chi connectivity index (χ0v) is 17.8. The minimum absolute atomic E-state index is 0.0122. The number of nitrogens with zero attached hydrogens (tertiary/aromatic N) is 3. The number of esters is 1. The van der Waals surface area contributed by atoms with E-state index >= 15 is 0 Å². The predicted molar refractivity (Wildman–Crippen MR) is 112 cm³/mol. The van der Waals surface area contributed by atoms with Gasteiger partial charge in [-0.2, -0.15) is 0 Å². The van der Waals surface area contributed by atoms with E-state index in [0.717, 1.165) is 17.0 Å². The minimum atomic E-state index is -0.872. The van der Waals surface area contributed by atoms with Gasteiger partial charge in [0, 0.05) is 31.0 Å². The SMILES string of the molecule is CC(=O)N(c1cccc(C)c1)c1nc(COC(=O)C23CCC(=O)N2CCS3)cs1. The minimum Gasteiger partial charge on any atom is -0.457 e. The molecule has 3 heterocycles. The van der Waals surface area contributed by atoms with E-state index in [1.165, 1.54) is 30.0 Å². The molecular weight excluding hydrogens is 410 g/mol. The monoisotopic (exact) mass is 431 g/mol. The van der Waals surface area contributed by atoms with Crippen molar-refractivity contribution >= 4 is 51.7 Å². The molecule has 0 radical (unpaired) electrons. The molecule has 1 unspecified atom stereocenters. The van der Waals surface area contributed by atoms with Crippen molar-refractivity contribution in [1.29, 1.82) is 0 Å². The smallest absolute Gasteiger partial charge is 0.343 e. The number of benzene rings is 1. The second-order valence-corrected chi connectivity index (χ2v) is 9.28. The highest BCUT2D eigenvalue weighted by Crippen LogP contribution is 2.45. The summed E-state index contributed by atoms with van der Waals surface area (Å²) in [6.07, 6.45) is 0.871. The summed E-state index contributed by atoms with van der Waals surface area (Å²) in [6, 6.07) is 7.64. The lowest BCUT2D eigenvalue weighted by molar-refractivity contribution is -0.154. The molecule has 0 N–H and O–H groups in total. The van der Waals surface area contributed by atoms with Crippen LogP contribution in [0.1, 0.15) is 31.0 Å². The molecule has 7 nitrogen and oxygen atoms in total. The number of aryl methyl sites for hydroxylation is 1. The fourth-order valence-electron chi connectivity index (χ4n) is 3.69. The Morgan fingerprint density at radius 3 is 2.97 bits per heavy atom. The molecule has 2 fully saturated rings. The van der Waals surface area contributed by atoms with E-state index in [1.54, 1.807) is 15.2 Å². The van der Waals surface area contributed by atoms with Gasteiger partial charge in [0.05, 0.1) is 11.4 Å². The topological polar surface area (TPSA) is 79.8 Å². The highest BCUT2D eigenvalue weighted by molar-refractivity contribution is 8.01. The highest BCUT2D eigenvalue weighted by atomic mass is 32.2. The number of amides is 2. The molecule has 1 aromatic heterocycles. The van der Waals surface area contributed by atoms with Gasteiger partial charge in [-0.25, -0.2) is 9.78 Å². The molecule has 152 valence electrons. The van der Waals surface area contributed by atoms with Crippen LogP contribution in [0.15, 0.2) is 29.6 Å². The molecule has 29 heavy (non-hydrogen) atoms. The van der Waals surface area contributed by atoms with Gasteiger partial charge in [-0.05, 0) is 31.0 Å². The number of hydrogen-bond donors (Lipinski definition) is 0. The maximum Gasteiger partial charge on any atom is 0.343 e. The first-order valence-corrected chi connectivity index (χ1v) is 11.2. The van der Waals surface area contributed by atoms with E-state index in [9.17, 15) is 14.4 Å². The van der Waals surface area contributed by atoms with Gasteiger partial charge in [0.15, 0.2) is 10.0 Å². The molecule has 1 atom stereocenters. The second kappa shape index (κ2) is 7.79. The maximum atomic E-state index is 12.7. The van der Waals surface area contributed by atoms with Crippen LogP contribution in [0.3, 0.4) is 0 Å². The van der Waals surface area contributed by atoms with Crippen LogP contribution in [0.2, 0.25) is 0 Å². The number of rotatable bonds is 5. The Morgan fingerprint density at radius 2 is 2.21 bits per heavy atom. The van der Waals surface area contributed by atoms with E-state index in [-0.39, 0.29) is 24.4 Å². The van der Waals surface area contributed by atoms with E-state index in [0.29, 0.717) is 30.2 Å². The summed E-state index contributed by atoms with van der Waals surface area (Å²) in [6.45, 7) is 4.06. The zero-order chi connectivity index (χ0) is 20.6. The molecule has 9 heteroatoms. The number of aromatic nitrogens is 1. The number of thiazole rings is 1. The summed E-state index contributed by atoms with van der Waals surface area (Å²) in [5.41, 5.74) is 2.37. The molecule has 2 aliphatic rings. The van der Waals surface area contributed by atoms with Crippen LogP contribution in [0.4, 0.5) is 10.8 Å². The Hall–Kier alpha value is -2.39. The van der Waals surface area contributed by atoms with E-state index in [2.05, 4.69) is 4.98 Å². The van der Waals surface area contributed by atoms with Gasteiger partial charge in [0.1, 0.15) is 6.61 Å². The number of ether oxygens (including phenoxy) is 1. The molecule has 4 rings (SSSR count). The summed E-state index contributed by atoms with van der Waals surface area (Å²) >= 11 is 2.80. The van der Waals surface area contributed by atoms with Crippen molar-refractivity contribution in [1.82, 2.24) is 9.88 Å². The van der Waals surface area contributed by atoms with Gasteiger partial charge in [-0.3, -0.25) is 14.5 Å². The average Bonchev–Trinajstić information content (AvgIpc) is 3.38. The third-order valence-corrected chi connectivity index (χ3v) is 7.38. The van der Waals surface area contributed by atoms with Crippen LogP contribution in [0.25, 0.3) is 0 Å². The average molecular weight is 432 g/mol. The fraction of sp³-hybridized carbons (Fsp3) is 0.400. The van der Waals surface area contributed by atoms with Gasteiger partial charge in [0.25, 0.3) is 0 Å². The summed E-state index contributed by atoms with van der Waals surface area (Å²) in [4.78, 5) is 43.8. The number of thioether (sulfide) groups is 1. The zero-order valence-electron chi connectivity index (χ0n) is 16.2. The quantitative estimate of drug-likeness (QED) is 0.676. The van der Waals surface area contributed by atoms with Crippen LogP contribution >= 0.6 is 23.1 Å². The first-order chi connectivity index (χ1) is 13.9. The largest absolute Gasteiger partial charge is 0.457 e. The summed E-state index contributed by atoms with van der Waals surface area (Å²) in [5, 5.41) is 2.31. The molecule has 0 saturated carbocycles. The number of carbonyl (C=O) groups is 3. The number of carbonyl (C=O) groups excluding carboxylic acids is 3. The predicted octanol–water partition coefficient (Wildman–Crippen LogP) is 3.24. The molecule has 0 bridgehead atoms. The van der Waals surface area contributed by atoms with Crippen LogP contribution in [-0.2, 0) is 25.7 Å². The van der Waals surface area contributed by atoms with Crippen molar-refractivity contribution in [2.24, 2.45) is 0 Å². The molecule has 0 aliphatic carbocycles. The van der Waals surface area contributed by atoms with Gasteiger partial charge >= 0.3 is 5.97 Å². The van der Waals surface area contributed by atoms with Gasteiger partial charge in [0.2, 0.25) is 11.8 Å². The molecule has 1 aromatic carbocycles. The molecular formula is C20H21N3O4S2. The van der Waals surface area contributed by atoms with Crippen LogP contribution < -0.4 is 4.90 Å². The number of hydrogen-bond acceptors (Lipinski definition) is 7. The summed E-state index contributed by atoms with van der Waals surface area (Å²) in [7, 11) is 0. The standard InChI is InChI=1S/C20H21N3O4S2/c1-13-4-3-5-16(10-13)23(14(2)24)19-21-15(12-28-19)11-27-18(26)20-7-6-17(25)22(20)8-9-29-20/h3-5,10,12H,6-9,11H2,1-2H3.